The number of hydrogen-bond acceptors (Lipinski definition) is 8. The highest BCUT2D eigenvalue weighted by atomic mass is 19.3. The van der Waals surface area contributed by atoms with Crippen LogP contribution in [0.4, 0.5) is 14.5 Å². The van der Waals surface area contributed by atoms with Gasteiger partial charge in [-0.1, -0.05) is 6.07 Å². The first-order valence-electron chi connectivity index (χ1n) is 12.0. The predicted molar refractivity (Wildman–Crippen MR) is 140 cm³/mol. The van der Waals surface area contributed by atoms with Gasteiger partial charge in [0, 0.05) is 25.6 Å². The molecule has 0 aliphatic heterocycles. The van der Waals surface area contributed by atoms with Gasteiger partial charge in [-0.25, -0.2) is 23.2 Å². The van der Waals surface area contributed by atoms with Gasteiger partial charge in [0.2, 0.25) is 0 Å². The smallest absolute Gasteiger partial charge is 0.335 e. The normalized spacial score (nSPS) is 11.0. The number of ether oxygens (including phenoxy) is 1. The van der Waals surface area contributed by atoms with Crippen molar-refractivity contribution in [1.82, 2.24) is 19.7 Å². The van der Waals surface area contributed by atoms with Crippen LogP contribution in [0.5, 0.6) is 5.75 Å². The lowest BCUT2D eigenvalue weighted by atomic mass is 10.1. The number of fused-ring (bicyclic) bond motifs is 1. The van der Waals surface area contributed by atoms with E-state index < -0.39 is 24.0 Å². The number of carbonyl (C=O) groups excluding carboxylic acids is 1. The molecule has 206 valence electrons. The van der Waals surface area contributed by atoms with Crippen LogP contribution >= 0.6 is 0 Å². The number of alkyl halides is 2. The first-order chi connectivity index (χ1) is 19.7. The molecule has 3 heterocycles. The van der Waals surface area contributed by atoms with E-state index in [2.05, 4.69) is 15.1 Å². The Hall–Kier alpha value is -5.64. The summed E-state index contributed by atoms with van der Waals surface area (Å²) in [4.78, 5) is 34.2. The first kappa shape index (κ1) is 26.9. The van der Waals surface area contributed by atoms with Crippen molar-refractivity contribution in [3.05, 3.63) is 94.8 Å². The number of aryl methyl sites for hydroxylation is 1. The van der Waals surface area contributed by atoms with Gasteiger partial charge in [-0.2, -0.15) is 15.3 Å². The molecule has 5 rings (SSSR count). The van der Waals surface area contributed by atoms with E-state index in [4.69, 9.17) is 14.3 Å². The van der Waals surface area contributed by atoms with Crippen LogP contribution in [0, 0.1) is 18.3 Å². The Bertz CT molecular complexity index is 1820. The molecule has 0 bridgehead atoms. The first-order valence-corrected chi connectivity index (χ1v) is 12.0. The van der Waals surface area contributed by atoms with Gasteiger partial charge in [-0.3, -0.25) is 4.79 Å². The van der Waals surface area contributed by atoms with Crippen molar-refractivity contribution in [2.75, 3.05) is 11.9 Å². The van der Waals surface area contributed by atoms with E-state index >= 15 is 0 Å². The SMILES string of the molecule is Cc1nc2ncc(N(C)C(=O)c3cccc(-n4nc(C(F)F)c(C#N)c4COc4ccc(C(=O)O)cc4)c3)cc2o1. The molecule has 1 amide bonds. The van der Waals surface area contributed by atoms with Crippen molar-refractivity contribution in [3.8, 4) is 17.5 Å². The summed E-state index contributed by atoms with van der Waals surface area (Å²) in [7, 11) is 1.55. The molecule has 11 nitrogen and oxygen atoms in total. The Labute approximate surface area is 230 Å². The maximum Gasteiger partial charge on any atom is 0.335 e. The number of rotatable bonds is 8. The molecule has 0 unspecified atom stereocenters. The van der Waals surface area contributed by atoms with E-state index in [1.54, 1.807) is 44.3 Å². The molecule has 0 saturated heterocycles. The van der Waals surface area contributed by atoms with Crippen molar-refractivity contribution in [2.45, 2.75) is 20.0 Å². The summed E-state index contributed by atoms with van der Waals surface area (Å²) >= 11 is 0. The standard InChI is InChI=1S/C28H20F2N6O5/c1-15-33-26-23(41-15)11-19(13-32-26)35(2)27(37)17-4-3-5-18(10-17)36-22(21(12-31)24(34-36)25(29)30)14-40-20-8-6-16(7-9-20)28(38)39/h3-11,13,25H,14H2,1-2H3,(H,38,39). The van der Waals surface area contributed by atoms with Crippen LogP contribution in [-0.2, 0) is 6.61 Å². The molecule has 0 spiro atoms. The minimum atomic E-state index is -3.04. The molecule has 3 aromatic heterocycles. The fourth-order valence-corrected chi connectivity index (χ4v) is 4.12. The lowest BCUT2D eigenvalue weighted by Gasteiger charge is -2.17. The monoisotopic (exact) mass is 558 g/mol. The molecule has 0 fully saturated rings. The Kier molecular flexibility index (Phi) is 7.13. The number of nitrogens with zero attached hydrogens (tertiary/aromatic N) is 6. The van der Waals surface area contributed by atoms with E-state index in [0.29, 0.717) is 22.8 Å². The average Bonchev–Trinajstić information content (AvgIpc) is 3.54. The van der Waals surface area contributed by atoms with Crippen molar-refractivity contribution in [1.29, 1.82) is 5.26 Å². The summed E-state index contributed by atoms with van der Waals surface area (Å²) in [6.07, 6.45) is -1.57. The van der Waals surface area contributed by atoms with Crippen LogP contribution in [0.2, 0.25) is 0 Å². The number of benzene rings is 2. The van der Waals surface area contributed by atoms with Gasteiger partial charge in [0.25, 0.3) is 12.3 Å². The Morgan fingerprint density at radius 3 is 2.61 bits per heavy atom. The van der Waals surface area contributed by atoms with E-state index in [-0.39, 0.29) is 40.4 Å². The van der Waals surface area contributed by atoms with Gasteiger partial charge in [0.05, 0.1) is 28.8 Å². The van der Waals surface area contributed by atoms with Crippen molar-refractivity contribution in [2.24, 2.45) is 0 Å². The second kappa shape index (κ2) is 10.9. The highest BCUT2D eigenvalue weighted by Crippen LogP contribution is 2.28. The predicted octanol–water partition coefficient (Wildman–Crippen LogP) is 5.08. The third-order valence-corrected chi connectivity index (χ3v) is 6.17. The number of carbonyl (C=O) groups is 2. The second-order valence-electron chi connectivity index (χ2n) is 8.81. The van der Waals surface area contributed by atoms with Crippen LogP contribution in [0.1, 0.15) is 50.0 Å². The van der Waals surface area contributed by atoms with Crippen molar-refractivity contribution < 1.29 is 32.6 Å². The number of nitriles is 1. The van der Waals surface area contributed by atoms with Gasteiger partial charge < -0.3 is 19.2 Å². The van der Waals surface area contributed by atoms with Crippen molar-refractivity contribution >= 4 is 28.8 Å². The molecule has 0 aliphatic carbocycles. The number of amides is 1. The maximum atomic E-state index is 13.8. The number of carboxylic acids is 1. The van der Waals surface area contributed by atoms with Gasteiger partial charge in [-0.05, 0) is 42.5 Å². The number of carboxylic acid groups (broad SMARTS) is 1. The van der Waals surface area contributed by atoms with E-state index in [1.807, 2.05) is 0 Å². The van der Waals surface area contributed by atoms with Gasteiger partial charge in [0.15, 0.2) is 17.1 Å². The fourth-order valence-electron chi connectivity index (χ4n) is 4.12. The summed E-state index contributed by atoms with van der Waals surface area (Å²) in [5, 5.41) is 22.7. The summed E-state index contributed by atoms with van der Waals surface area (Å²) in [5.41, 5.74) is 0.684. The zero-order chi connectivity index (χ0) is 29.3. The lowest BCUT2D eigenvalue weighted by Crippen LogP contribution is -2.26. The molecule has 13 heteroatoms. The number of oxazole rings is 1. The molecule has 0 aliphatic rings. The van der Waals surface area contributed by atoms with Gasteiger partial charge in [-0.15, -0.1) is 0 Å². The summed E-state index contributed by atoms with van der Waals surface area (Å²) < 4.78 is 40.0. The topological polar surface area (TPSA) is 147 Å². The number of aromatic nitrogens is 4. The average molecular weight is 559 g/mol. The van der Waals surface area contributed by atoms with Crippen molar-refractivity contribution in [3.63, 3.8) is 0 Å². The maximum absolute atomic E-state index is 13.8. The number of aromatic carboxylic acids is 1. The molecule has 2 aromatic carbocycles. The molecule has 41 heavy (non-hydrogen) atoms. The second-order valence-corrected chi connectivity index (χ2v) is 8.81. The molecule has 5 aromatic rings. The van der Waals surface area contributed by atoms with E-state index in [0.717, 1.165) is 4.68 Å². The van der Waals surface area contributed by atoms with Crippen LogP contribution < -0.4 is 9.64 Å². The van der Waals surface area contributed by atoms with Crippen LogP contribution in [-0.4, -0.2) is 43.8 Å². The quantitative estimate of drug-likeness (QED) is 0.275. The van der Waals surface area contributed by atoms with Crippen LogP contribution in [0.3, 0.4) is 0 Å². The van der Waals surface area contributed by atoms with Crippen LogP contribution in [0.25, 0.3) is 16.9 Å². The lowest BCUT2D eigenvalue weighted by molar-refractivity contribution is 0.0696. The fraction of sp³-hybridized carbons (Fsp3) is 0.143. The highest BCUT2D eigenvalue weighted by molar-refractivity contribution is 6.06. The molecular formula is C28H20F2N6O5. The molecule has 0 radical (unpaired) electrons. The largest absolute Gasteiger partial charge is 0.487 e. The number of pyridine rings is 1. The minimum absolute atomic E-state index is 0.0263. The summed E-state index contributed by atoms with van der Waals surface area (Å²) in [5.74, 6) is -0.860. The Morgan fingerprint density at radius 2 is 1.93 bits per heavy atom. The van der Waals surface area contributed by atoms with Gasteiger partial charge >= 0.3 is 5.97 Å². The van der Waals surface area contributed by atoms with Crippen LogP contribution in [0.15, 0.2) is 65.2 Å². The number of hydrogen-bond donors (Lipinski definition) is 1. The third kappa shape index (κ3) is 5.30. The number of anilines is 1. The third-order valence-electron chi connectivity index (χ3n) is 6.17. The molecule has 0 atom stereocenters. The Balaban J connectivity index is 1.47. The summed E-state index contributed by atoms with van der Waals surface area (Å²) in [6.45, 7) is 1.35. The molecule has 0 saturated carbocycles. The van der Waals surface area contributed by atoms with E-state index in [9.17, 15) is 23.6 Å². The van der Waals surface area contributed by atoms with E-state index in [1.165, 1.54) is 41.4 Å². The number of halogens is 2. The zero-order valence-electron chi connectivity index (χ0n) is 21.6. The zero-order valence-corrected chi connectivity index (χ0v) is 21.6. The molecular weight excluding hydrogens is 538 g/mol. The van der Waals surface area contributed by atoms with Gasteiger partial charge in [0.1, 0.15) is 29.7 Å². The molecule has 1 N–H and O–H groups in total. The minimum Gasteiger partial charge on any atom is -0.487 e. The highest BCUT2D eigenvalue weighted by Gasteiger charge is 2.26. The summed E-state index contributed by atoms with van der Waals surface area (Å²) in [6, 6.07) is 15.0. The Morgan fingerprint density at radius 1 is 1.17 bits per heavy atom.